The van der Waals surface area contributed by atoms with Gasteiger partial charge in [0.15, 0.2) is 0 Å². The summed E-state index contributed by atoms with van der Waals surface area (Å²) >= 11 is -5.01. The molecule has 0 amide bonds. The van der Waals surface area contributed by atoms with Crippen molar-refractivity contribution in [3.8, 4) is 0 Å². The fourth-order valence-corrected chi connectivity index (χ4v) is 17.9. The van der Waals surface area contributed by atoms with E-state index in [2.05, 4.69) is 0 Å². The number of benzene rings is 2. The molecule has 0 spiro atoms. The van der Waals surface area contributed by atoms with Crippen LogP contribution in [0.25, 0.3) is 0 Å². The molecule has 0 saturated heterocycles. The van der Waals surface area contributed by atoms with Gasteiger partial charge in [-0.3, -0.25) is 0 Å². The van der Waals surface area contributed by atoms with Crippen LogP contribution >= 0.6 is 7.59 Å². The van der Waals surface area contributed by atoms with E-state index in [4.69, 9.17) is 3.76 Å². The van der Waals surface area contributed by atoms with Crippen molar-refractivity contribution < 1.29 is 34.7 Å². The van der Waals surface area contributed by atoms with Crippen molar-refractivity contribution in [2.75, 3.05) is 40.6 Å². The van der Waals surface area contributed by atoms with Crippen LogP contribution in [0.15, 0.2) is 54.6 Å². The monoisotopic (exact) mass is 571 g/mol. The van der Waals surface area contributed by atoms with Crippen molar-refractivity contribution in [3.05, 3.63) is 60.2 Å². The Morgan fingerprint density at radius 3 is 1.76 bits per heavy atom. The normalized spacial score (nSPS) is 20.9. The molecule has 13 heteroatoms. The number of hydrogen-bond acceptors (Lipinski definition) is 2. The maximum absolute atomic E-state index is 14.4. The second-order valence-electron chi connectivity index (χ2n) is 8.54. The van der Waals surface area contributed by atoms with E-state index in [9.17, 15) is 30.9 Å². The Bertz CT molecular complexity index is 1050. The number of hydrogen-bond donors (Lipinski definition) is 0. The molecule has 0 N–H and O–H groups in total. The van der Waals surface area contributed by atoms with E-state index < -0.39 is 44.7 Å². The van der Waals surface area contributed by atoms with E-state index in [1.54, 1.807) is 46.4 Å². The van der Waals surface area contributed by atoms with Crippen molar-refractivity contribution in [2.45, 2.75) is 18.0 Å². The first-order chi connectivity index (χ1) is 15.6. The van der Waals surface area contributed by atoms with Gasteiger partial charge < -0.3 is 0 Å². The average Bonchev–Trinajstić information content (AvgIpc) is 3.06. The Balaban J connectivity index is 2.37. The van der Waals surface area contributed by atoms with Gasteiger partial charge >= 0.3 is 197 Å². The summed E-state index contributed by atoms with van der Waals surface area (Å²) in [5.41, 5.74) is -5.43. The molecule has 2 aromatic rings. The summed E-state index contributed by atoms with van der Waals surface area (Å²) in [4.78, 5) is 0. The summed E-state index contributed by atoms with van der Waals surface area (Å²) in [7, 11) is 4.10. The van der Waals surface area contributed by atoms with Crippen LogP contribution in [0.5, 0.6) is 0 Å². The SMILES string of the molecule is CN(C)P(=O)(N(C)C)N(C)[CH2][Ge]1([c]2ccccc2)[O]C(C(F)(F)F)(C(F)(F)F)c2cccc[c]21. The predicted molar refractivity (Wildman–Crippen MR) is 120 cm³/mol. The molecular weight excluding hydrogens is 544 g/mol. The quantitative estimate of drug-likeness (QED) is 0.301. The first-order valence-corrected chi connectivity index (χ1v) is 16.2. The summed E-state index contributed by atoms with van der Waals surface area (Å²) in [5, 5.41) is -0.359. The zero-order valence-electron chi connectivity index (χ0n) is 19.3. The third-order valence-corrected chi connectivity index (χ3v) is 18.4. The molecule has 5 nitrogen and oxygen atoms in total. The van der Waals surface area contributed by atoms with E-state index in [1.807, 2.05) is 0 Å². The Kier molecular flexibility index (Phi) is 7.16. The van der Waals surface area contributed by atoms with Crippen LogP contribution < -0.4 is 8.79 Å². The molecule has 1 unspecified atom stereocenters. The van der Waals surface area contributed by atoms with E-state index in [1.165, 1.54) is 45.3 Å². The molecular formula is C21H26F6GeN3O2P. The molecule has 0 fully saturated rings. The Morgan fingerprint density at radius 2 is 1.29 bits per heavy atom. The molecule has 0 saturated carbocycles. The van der Waals surface area contributed by atoms with Crippen molar-refractivity contribution in [1.82, 2.24) is 14.0 Å². The molecule has 3 rings (SSSR count). The molecule has 1 atom stereocenters. The first kappa shape index (κ1) is 27.2. The Hall–Kier alpha value is -1.37. The number of rotatable bonds is 6. The summed E-state index contributed by atoms with van der Waals surface area (Å²) in [5.74, 6) is 0. The molecule has 34 heavy (non-hydrogen) atoms. The van der Waals surface area contributed by atoms with Crippen molar-refractivity contribution >= 4 is 30.0 Å². The summed E-state index contributed by atoms with van der Waals surface area (Å²) in [6, 6.07) is 12.4. The van der Waals surface area contributed by atoms with Gasteiger partial charge in [-0.1, -0.05) is 0 Å². The van der Waals surface area contributed by atoms with Gasteiger partial charge in [-0.25, -0.2) is 0 Å². The standard InChI is InChI=1S/C21H26F6GeN3O2P/c1-29(2)34(32,30(3)4)31(5)15-28(16-11-7-6-8-12-16)18-14-10-9-13-17(18)19(33-28,20(22,23)24)21(25,26)27/h6-14H,15H2,1-5H3. The van der Waals surface area contributed by atoms with Crippen LogP contribution in [0, 0.1) is 0 Å². The minimum absolute atomic E-state index is 0.0979. The summed E-state index contributed by atoms with van der Waals surface area (Å²) in [6.07, 6.45) is -11.5. The van der Waals surface area contributed by atoms with Crippen LogP contribution in [0.1, 0.15) is 5.56 Å². The molecule has 188 valence electrons. The molecule has 1 aliphatic rings. The zero-order chi connectivity index (χ0) is 25.7. The van der Waals surface area contributed by atoms with E-state index >= 15 is 0 Å². The average molecular weight is 570 g/mol. The molecule has 0 bridgehead atoms. The topological polar surface area (TPSA) is 36.0 Å². The summed E-state index contributed by atoms with van der Waals surface area (Å²) < 4.78 is 110. The van der Waals surface area contributed by atoms with Crippen molar-refractivity contribution in [1.29, 1.82) is 0 Å². The maximum atomic E-state index is 14.4. The Labute approximate surface area is 197 Å². The van der Waals surface area contributed by atoms with Crippen molar-refractivity contribution in [2.24, 2.45) is 0 Å². The molecule has 2 aromatic carbocycles. The van der Waals surface area contributed by atoms with Gasteiger partial charge in [0, 0.05) is 0 Å². The first-order valence-electron chi connectivity index (χ1n) is 10.2. The summed E-state index contributed by atoms with van der Waals surface area (Å²) in [6.45, 7) is 0. The van der Waals surface area contributed by atoms with Crippen LogP contribution in [0.3, 0.4) is 0 Å². The van der Waals surface area contributed by atoms with E-state index in [-0.39, 0.29) is 14.2 Å². The van der Waals surface area contributed by atoms with E-state index in [0.717, 1.165) is 12.1 Å². The third-order valence-electron chi connectivity index (χ3n) is 6.05. The fourth-order valence-electron chi connectivity index (χ4n) is 4.61. The van der Waals surface area contributed by atoms with Crippen LogP contribution in [0.4, 0.5) is 26.3 Å². The second-order valence-corrected chi connectivity index (χ2v) is 18.8. The predicted octanol–water partition coefficient (Wildman–Crippen LogP) is 3.80. The zero-order valence-corrected chi connectivity index (χ0v) is 22.3. The van der Waals surface area contributed by atoms with Gasteiger partial charge in [0.2, 0.25) is 0 Å². The second kappa shape index (κ2) is 8.94. The van der Waals surface area contributed by atoms with Gasteiger partial charge in [-0.15, -0.1) is 0 Å². The molecule has 0 aromatic heterocycles. The van der Waals surface area contributed by atoms with Crippen LogP contribution in [0.2, 0.25) is 0 Å². The fraction of sp³-hybridized carbons (Fsp3) is 0.429. The third kappa shape index (κ3) is 3.94. The van der Waals surface area contributed by atoms with Gasteiger partial charge in [0.1, 0.15) is 0 Å². The molecule has 0 radical (unpaired) electrons. The van der Waals surface area contributed by atoms with Crippen LogP contribution in [-0.4, -0.2) is 80.6 Å². The van der Waals surface area contributed by atoms with Gasteiger partial charge in [-0.05, 0) is 0 Å². The number of alkyl halides is 6. The van der Waals surface area contributed by atoms with E-state index in [0.29, 0.717) is 0 Å². The van der Waals surface area contributed by atoms with Crippen LogP contribution in [-0.2, 0) is 13.9 Å². The van der Waals surface area contributed by atoms with Gasteiger partial charge in [0.05, 0.1) is 0 Å². The molecule has 1 heterocycles. The van der Waals surface area contributed by atoms with Gasteiger partial charge in [-0.2, -0.15) is 0 Å². The molecule has 0 aliphatic carbocycles. The number of halogens is 6. The number of nitrogens with zero attached hydrogens (tertiary/aromatic N) is 3. The Morgan fingerprint density at radius 1 is 0.824 bits per heavy atom. The number of fused-ring (bicyclic) bond motifs is 1. The molecule has 1 aliphatic heterocycles. The van der Waals surface area contributed by atoms with Crippen molar-refractivity contribution in [3.63, 3.8) is 0 Å². The van der Waals surface area contributed by atoms with Gasteiger partial charge in [0.25, 0.3) is 0 Å². The minimum atomic E-state index is -5.77.